The quantitative estimate of drug-likeness (QED) is 0.127. The standard InChI is InChI=1S/C35H44ClN3O4/c1-3-42-32(18-19-33(40)43-4-2)38-27-34(28-11-6-5-7-12-28,31-13-8-9-23-37-31)20-10-24-39-25-21-35(41,22-26-39)29-14-16-30(36)17-15-29/h5-9,11-17,23,41H,3-4,10,18-22,24-27H2,1-2H3. The van der Waals surface area contributed by atoms with Gasteiger partial charge in [0.25, 0.3) is 0 Å². The van der Waals surface area contributed by atoms with Crippen LogP contribution in [0.4, 0.5) is 0 Å². The molecule has 8 heteroatoms. The van der Waals surface area contributed by atoms with Gasteiger partial charge in [-0.15, -0.1) is 0 Å². The molecular weight excluding hydrogens is 562 g/mol. The number of ether oxygens (including phenoxy) is 2. The number of carbonyl (C=O) groups excluding carboxylic acids is 1. The molecule has 3 aromatic rings. The Labute approximate surface area is 260 Å². The van der Waals surface area contributed by atoms with Crippen LogP contribution in [-0.4, -0.2) is 66.3 Å². The molecule has 0 radical (unpaired) electrons. The highest BCUT2D eigenvalue weighted by Crippen LogP contribution is 2.38. The van der Waals surface area contributed by atoms with Crippen molar-refractivity contribution in [3.05, 3.63) is 101 Å². The maximum absolute atomic E-state index is 12.1. The highest BCUT2D eigenvalue weighted by atomic mass is 35.5. The zero-order valence-corrected chi connectivity index (χ0v) is 26.1. The summed E-state index contributed by atoms with van der Waals surface area (Å²) in [7, 11) is 0. The van der Waals surface area contributed by atoms with Crippen molar-refractivity contribution in [3.63, 3.8) is 0 Å². The van der Waals surface area contributed by atoms with Crippen LogP contribution in [-0.2, 0) is 25.3 Å². The van der Waals surface area contributed by atoms with Crippen LogP contribution in [0.5, 0.6) is 0 Å². The predicted octanol–water partition coefficient (Wildman–Crippen LogP) is 6.56. The summed E-state index contributed by atoms with van der Waals surface area (Å²) < 4.78 is 11.0. The van der Waals surface area contributed by atoms with Crippen LogP contribution >= 0.6 is 11.6 Å². The maximum Gasteiger partial charge on any atom is 0.306 e. The number of pyridine rings is 1. The number of nitrogens with zero attached hydrogens (tertiary/aromatic N) is 3. The van der Waals surface area contributed by atoms with Crippen molar-refractivity contribution in [3.8, 4) is 0 Å². The van der Waals surface area contributed by atoms with Gasteiger partial charge in [0.2, 0.25) is 0 Å². The third-order valence-electron chi connectivity index (χ3n) is 8.31. The molecule has 1 unspecified atom stereocenters. The van der Waals surface area contributed by atoms with E-state index in [9.17, 15) is 9.90 Å². The lowest BCUT2D eigenvalue weighted by molar-refractivity contribution is -0.143. The molecule has 0 amide bonds. The van der Waals surface area contributed by atoms with Gasteiger partial charge in [-0.1, -0.05) is 60.1 Å². The molecule has 230 valence electrons. The van der Waals surface area contributed by atoms with Crippen LogP contribution in [0.3, 0.4) is 0 Å². The molecule has 1 N–H and O–H groups in total. The van der Waals surface area contributed by atoms with Crippen LogP contribution in [0.25, 0.3) is 0 Å². The zero-order valence-electron chi connectivity index (χ0n) is 25.4. The molecule has 1 aromatic heterocycles. The molecule has 1 aliphatic rings. The number of aliphatic hydroxyl groups is 1. The van der Waals surface area contributed by atoms with Crippen molar-refractivity contribution in [1.82, 2.24) is 9.88 Å². The zero-order chi connectivity index (χ0) is 30.5. The Hall–Kier alpha value is -3.26. The third-order valence-corrected chi connectivity index (χ3v) is 8.56. The number of piperidine rings is 1. The number of aromatic nitrogens is 1. The van der Waals surface area contributed by atoms with Gasteiger partial charge in [0, 0.05) is 30.7 Å². The number of hydrogen-bond donors (Lipinski definition) is 1. The molecule has 0 spiro atoms. The number of hydrogen-bond acceptors (Lipinski definition) is 7. The molecule has 4 rings (SSSR count). The molecule has 0 saturated carbocycles. The molecule has 0 aliphatic carbocycles. The fourth-order valence-corrected chi connectivity index (χ4v) is 6.03. The van der Waals surface area contributed by atoms with Gasteiger partial charge >= 0.3 is 5.97 Å². The van der Waals surface area contributed by atoms with Gasteiger partial charge in [0.05, 0.1) is 42.9 Å². The van der Waals surface area contributed by atoms with Gasteiger partial charge in [0.15, 0.2) is 5.90 Å². The van der Waals surface area contributed by atoms with Gasteiger partial charge in [-0.25, -0.2) is 0 Å². The molecule has 1 aliphatic heterocycles. The summed E-state index contributed by atoms with van der Waals surface area (Å²) in [6, 6.07) is 24.0. The Morgan fingerprint density at radius 3 is 2.33 bits per heavy atom. The van der Waals surface area contributed by atoms with Crippen molar-refractivity contribution in [2.75, 3.05) is 39.4 Å². The van der Waals surface area contributed by atoms with Crippen LogP contribution < -0.4 is 0 Å². The van der Waals surface area contributed by atoms with E-state index in [2.05, 4.69) is 35.2 Å². The molecule has 0 bridgehead atoms. The summed E-state index contributed by atoms with van der Waals surface area (Å²) in [5.74, 6) is 0.308. The van der Waals surface area contributed by atoms with E-state index in [0.717, 1.165) is 49.3 Å². The second-order valence-corrected chi connectivity index (χ2v) is 11.5. The maximum atomic E-state index is 12.1. The van der Waals surface area contributed by atoms with Gasteiger partial charge < -0.3 is 19.5 Å². The second-order valence-electron chi connectivity index (χ2n) is 11.1. The number of aliphatic imine (C=N–C) groups is 1. The average molecular weight is 606 g/mol. The summed E-state index contributed by atoms with van der Waals surface area (Å²) in [4.78, 5) is 24.3. The van der Waals surface area contributed by atoms with E-state index in [1.807, 2.05) is 55.6 Å². The van der Waals surface area contributed by atoms with E-state index in [1.54, 1.807) is 6.92 Å². The summed E-state index contributed by atoms with van der Waals surface area (Å²) >= 11 is 6.07. The Balaban J connectivity index is 1.51. The minimum absolute atomic E-state index is 0.228. The molecule has 1 fully saturated rings. The first kappa shape index (κ1) is 32.6. The van der Waals surface area contributed by atoms with E-state index in [4.69, 9.17) is 31.1 Å². The van der Waals surface area contributed by atoms with Crippen LogP contribution in [0.2, 0.25) is 5.02 Å². The smallest absolute Gasteiger partial charge is 0.306 e. The molecule has 43 heavy (non-hydrogen) atoms. The van der Waals surface area contributed by atoms with E-state index in [-0.39, 0.29) is 12.4 Å². The minimum atomic E-state index is -0.823. The largest absolute Gasteiger partial charge is 0.481 e. The van der Waals surface area contributed by atoms with Crippen LogP contribution in [0.1, 0.15) is 69.2 Å². The molecule has 2 aromatic carbocycles. The third kappa shape index (κ3) is 8.88. The lowest BCUT2D eigenvalue weighted by atomic mass is 9.73. The van der Waals surface area contributed by atoms with Crippen molar-refractivity contribution in [1.29, 1.82) is 0 Å². The fourth-order valence-electron chi connectivity index (χ4n) is 5.90. The highest BCUT2D eigenvalue weighted by Gasteiger charge is 2.37. The topological polar surface area (TPSA) is 84.2 Å². The monoisotopic (exact) mass is 605 g/mol. The first-order valence-electron chi connectivity index (χ1n) is 15.4. The van der Waals surface area contributed by atoms with Crippen molar-refractivity contribution >= 4 is 23.5 Å². The normalized spacial score (nSPS) is 16.8. The Morgan fingerprint density at radius 1 is 0.977 bits per heavy atom. The van der Waals surface area contributed by atoms with Gasteiger partial charge in [0.1, 0.15) is 0 Å². The number of rotatable bonds is 14. The van der Waals surface area contributed by atoms with Crippen molar-refractivity contribution in [2.24, 2.45) is 4.99 Å². The molecule has 7 nitrogen and oxygen atoms in total. The van der Waals surface area contributed by atoms with Crippen molar-refractivity contribution in [2.45, 2.75) is 63.4 Å². The Bertz CT molecular complexity index is 1250. The van der Waals surface area contributed by atoms with Crippen molar-refractivity contribution < 1.29 is 19.4 Å². The molecule has 1 saturated heterocycles. The summed E-state index contributed by atoms with van der Waals surface area (Å²) in [5, 5.41) is 12.0. The molecule has 1 atom stereocenters. The summed E-state index contributed by atoms with van der Waals surface area (Å²) in [5.41, 5.74) is 1.74. The predicted molar refractivity (Wildman–Crippen MR) is 172 cm³/mol. The van der Waals surface area contributed by atoms with E-state index >= 15 is 0 Å². The summed E-state index contributed by atoms with van der Waals surface area (Å²) in [6.45, 7) is 7.56. The van der Waals surface area contributed by atoms with E-state index in [0.29, 0.717) is 49.9 Å². The minimum Gasteiger partial charge on any atom is -0.481 e. The van der Waals surface area contributed by atoms with Crippen LogP contribution in [0.15, 0.2) is 84.0 Å². The fraction of sp³-hybridized carbons (Fsp3) is 0.457. The number of likely N-dealkylation sites (tertiary alicyclic amines) is 1. The van der Waals surface area contributed by atoms with Gasteiger partial charge in [-0.2, -0.15) is 0 Å². The molecular formula is C35H44ClN3O4. The lowest BCUT2D eigenvalue weighted by Crippen LogP contribution is -2.43. The number of esters is 1. The van der Waals surface area contributed by atoms with Crippen LogP contribution in [0, 0.1) is 0 Å². The lowest BCUT2D eigenvalue weighted by Gasteiger charge is -2.39. The second kappa shape index (κ2) is 16.0. The van der Waals surface area contributed by atoms with Gasteiger partial charge in [-0.05, 0) is 81.5 Å². The average Bonchev–Trinajstić information content (AvgIpc) is 3.03. The number of halogens is 1. The van der Waals surface area contributed by atoms with E-state index in [1.165, 1.54) is 0 Å². The molecule has 2 heterocycles. The SMILES string of the molecule is CCOC(=O)CCC(=NCC(CCCN1CCC(O)(c2ccc(Cl)cc2)CC1)(c1ccccc1)c1ccccn1)OCC. The van der Waals surface area contributed by atoms with E-state index < -0.39 is 11.0 Å². The first-order chi connectivity index (χ1) is 20.9. The highest BCUT2D eigenvalue weighted by molar-refractivity contribution is 6.30. The van der Waals surface area contributed by atoms with Gasteiger partial charge in [-0.3, -0.25) is 14.8 Å². The first-order valence-corrected chi connectivity index (χ1v) is 15.8. The summed E-state index contributed by atoms with van der Waals surface area (Å²) in [6.07, 6.45) is 5.57. The Morgan fingerprint density at radius 2 is 1.67 bits per heavy atom. The number of carbonyl (C=O) groups is 1. The number of benzene rings is 2. The Kier molecular flexibility index (Phi) is 12.1.